The molecule has 39 heavy (non-hydrogen) atoms. The second-order valence-electron chi connectivity index (χ2n) is 9.90. The molecule has 202 valence electrons. The van der Waals surface area contributed by atoms with Crippen LogP contribution in [0.5, 0.6) is 5.88 Å². The molecule has 0 radical (unpaired) electrons. The van der Waals surface area contributed by atoms with Gasteiger partial charge in [-0.15, -0.1) is 0 Å². The highest BCUT2D eigenvalue weighted by Crippen LogP contribution is 2.40. The molecule has 0 saturated heterocycles. The normalized spacial score (nSPS) is 12.9. The van der Waals surface area contributed by atoms with Gasteiger partial charge in [-0.25, -0.2) is 15.0 Å². The fourth-order valence-electron chi connectivity index (χ4n) is 4.72. The summed E-state index contributed by atoms with van der Waals surface area (Å²) in [5.74, 6) is 1.41. The molecule has 10 nitrogen and oxygen atoms in total. The lowest BCUT2D eigenvalue weighted by molar-refractivity contribution is -0.142. The van der Waals surface area contributed by atoms with Crippen molar-refractivity contribution in [3.05, 3.63) is 82.1 Å². The van der Waals surface area contributed by atoms with Crippen molar-refractivity contribution >= 4 is 23.3 Å². The summed E-state index contributed by atoms with van der Waals surface area (Å²) in [6, 6.07) is 7.67. The predicted molar refractivity (Wildman–Crippen MR) is 148 cm³/mol. The number of aryl methyl sites for hydroxylation is 2. The second kappa shape index (κ2) is 11.1. The van der Waals surface area contributed by atoms with Gasteiger partial charge in [0, 0.05) is 36.1 Å². The summed E-state index contributed by atoms with van der Waals surface area (Å²) in [5, 5.41) is 11.0. The number of nitrogens with zero attached hydrogens (tertiary/aromatic N) is 4. The summed E-state index contributed by atoms with van der Waals surface area (Å²) in [4.78, 5) is 25.5. The second-order valence-corrected chi connectivity index (χ2v) is 9.90. The Kier molecular flexibility index (Phi) is 7.44. The molecule has 10 heteroatoms. The predicted octanol–water partition coefficient (Wildman–Crippen LogP) is 4.20. The highest BCUT2D eigenvalue weighted by atomic mass is 16.5. The number of amidine groups is 1. The van der Waals surface area contributed by atoms with Gasteiger partial charge in [-0.2, -0.15) is 0 Å². The molecule has 1 aliphatic rings. The van der Waals surface area contributed by atoms with Crippen molar-refractivity contribution in [1.82, 2.24) is 19.4 Å². The summed E-state index contributed by atoms with van der Waals surface area (Å²) in [6.07, 6.45) is 8.01. The quantitative estimate of drug-likeness (QED) is 0.150. The maximum Gasteiger partial charge on any atom is 0.310 e. The first-order valence-corrected chi connectivity index (χ1v) is 13.1. The number of nitrogens with two attached hydrogens (primary N) is 1. The van der Waals surface area contributed by atoms with Crippen molar-refractivity contribution in [1.29, 1.82) is 5.41 Å². The minimum absolute atomic E-state index is 0.0579. The van der Waals surface area contributed by atoms with E-state index in [-0.39, 0.29) is 24.8 Å². The fourth-order valence-corrected chi connectivity index (χ4v) is 4.72. The Balaban J connectivity index is 1.27. The number of hydrogen-bond donors (Lipinski definition) is 3. The number of benzene rings is 1. The van der Waals surface area contributed by atoms with Crippen LogP contribution in [0.15, 0.2) is 43.0 Å². The Bertz CT molecular complexity index is 1520. The van der Waals surface area contributed by atoms with Crippen LogP contribution in [0.2, 0.25) is 0 Å². The number of carbonyl (C=O) groups excluding carboxylic acids is 1. The van der Waals surface area contributed by atoms with Gasteiger partial charge in [0.25, 0.3) is 0 Å². The number of nitrogens with one attached hydrogen (secondary N) is 2. The van der Waals surface area contributed by atoms with Crippen LogP contribution in [0.3, 0.4) is 0 Å². The Labute approximate surface area is 227 Å². The van der Waals surface area contributed by atoms with Gasteiger partial charge in [-0.1, -0.05) is 0 Å². The molecular weight excluding hydrogens is 494 g/mol. The van der Waals surface area contributed by atoms with Crippen LogP contribution in [-0.4, -0.2) is 37.8 Å². The van der Waals surface area contributed by atoms with E-state index in [2.05, 4.69) is 27.5 Å². The van der Waals surface area contributed by atoms with Gasteiger partial charge in [0.2, 0.25) is 5.88 Å². The lowest BCUT2D eigenvalue weighted by atomic mass is 9.99. The molecule has 0 unspecified atom stereocenters. The van der Waals surface area contributed by atoms with Crippen LogP contribution in [0, 0.1) is 19.3 Å². The highest BCUT2D eigenvalue weighted by molar-refractivity contribution is 5.95. The zero-order valence-corrected chi connectivity index (χ0v) is 22.5. The molecule has 1 aliphatic carbocycles. The first-order chi connectivity index (χ1) is 18.8. The summed E-state index contributed by atoms with van der Waals surface area (Å²) in [6.45, 7) is 6.96. The number of pyridine rings is 1. The number of carbonyl (C=O) groups is 1. The van der Waals surface area contributed by atoms with E-state index in [1.165, 1.54) is 24.7 Å². The van der Waals surface area contributed by atoms with Crippen molar-refractivity contribution in [3.8, 4) is 5.88 Å². The van der Waals surface area contributed by atoms with Crippen molar-refractivity contribution in [3.63, 3.8) is 0 Å². The molecule has 0 atom stereocenters. The number of rotatable bonds is 11. The first-order valence-electron chi connectivity index (χ1n) is 13.1. The number of imidazole rings is 1. The van der Waals surface area contributed by atoms with E-state index in [1.807, 2.05) is 43.5 Å². The van der Waals surface area contributed by atoms with Crippen molar-refractivity contribution < 1.29 is 14.3 Å². The van der Waals surface area contributed by atoms with E-state index >= 15 is 0 Å². The minimum atomic E-state index is -0.255. The maximum atomic E-state index is 12.2. The number of aromatic nitrogens is 4. The number of ether oxygens (including phenoxy) is 2. The number of fused-ring (bicyclic) bond motifs is 1. The summed E-state index contributed by atoms with van der Waals surface area (Å²) in [5.41, 5.74) is 13.1. The van der Waals surface area contributed by atoms with Crippen molar-refractivity contribution in [2.45, 2.75) is 59.1 Å². The van der Waals surface area contributed by atoms with Crippen molar-refractivity contribution in [2.75, 3.05) is 11.9 Å². The lowest BCUT2D eigenvalue weighted by Gasteiger charge is -2.14. The topological polar surface area (TPSA) is 141 Å². The van der Waals surface area contributed by atoms with E-state index in [0.717, 1.165) is 39.2 Å². The van der Waals surface area contributed by atoms with Gasteiger partial charge in [-0.3, -0.25) is 10.2 Å². The van der Waals surface area contributed by atoms with E-state index in [4.69, 9.17) is 25.6 Å². The van der Waals surface area contributed by atoms with Gasteiger partial charge >= 0.3 is 5.97 Å². The largest absolute Gasteiger partial charge is 0.471 e. The van der Waals surface area contributed by atoms with Crippen LogP contribution in [0.25, 0.3) is 5.65 Å². The van der Waals surface area contributed by atoms with Crippen LogP contribution in [-0.2, 0) is 29.1 Å². The third kappa shape index (κ3) is 6.17. The van der Waals surface area contributed by atoms with Crippen LogP contribution < -0.4 is 15.8 Å². The Morgan fingerprint density at radius 2 is 1.92 bits per heavy atom. The van der Waals surface area contributed by atoms with Gasteiger partial charge in [-0.05, 0) is 80.0 Å². The molecule has 3 heterocycles. The van der Waals surface area contributed by atoms with Crippen LogP contribution >= 0.6 is 0 Å². The monoisotopic (exact) mass is 527 g/mol. The molecule has 1 fully saturated rings. The zero-order chi connectivity index (χ0) is 27.5. The van der Waals surface area contributed by atoms with Gasteiger partial charge in [0.05, 0.1) is 18.7 Å². The Morgan fingerprint density at radius 1 is 1.15 bits per heavy atom. The average Bonchev–Trinajstić information content (AvgIpc) is 3.66. The van der Waals surface area contributed by atoms with E-state index in [1.54, 1.807) is 6.07 Å². The zero-order valence-electron chi connectivity index (χ0n) is 22.5. The molecule has 0 spiro atoms. The summed E-state index contributed by atoms with van der Waals surface area (Å²) >= 11 is 0. The maximum absolute atomic E-state index is 12.2. The first kappa shape index (κ1) is 26.1. The molecule has 3 aromatic heterocycles. The molecule has 0 bridgehead atoms. The average molecular weight is 528 g/mol. The van der Waals surface area contributed by atoms with Crippen LogP contribution in [0.1, 0.15) is 64.8 Å². The smallest absolute Gasteiger partial charge is 0.310 e. The van der Waals surface area contributed by atoms with Crippen molar-refractivity contribution in [2.24, 2.45) is 5.73 Å². The van der Waals surface area contributed by atoms with Gasteiger partial charge in [0.15, 0.2) is 0 Å². The highest BCUT2D eigenvalue weighted by Gasteiger charge is 2.25. The number of esters is 1. The Hall–Kier alpha value is -4.47. The summed E-state index contributed by atoms with van der Waals surface area (Å²) in [7, 11) is 0. The van der Waals surface area contributed by atoms with Gasteiger partial charge in [0.1, 0.15) is 30.2 Å². The van der Waals surface area contributed by atoms with E-state index in [9.17, 15) is 4.79 Å². The molecule has 4 aromatic rings. The minimum Gasteiger partial charge on any atom is -0.471 e. The number of hydrogen-bond acceptors (Lipinski definition) is 8. The fraction of sp³-hybridized carbons (Fsp3) is 0.345. The van der Waals surface area contributed by atoms with E-state index in [0.29, 0.717) is 30.8 Å². The molecule has 1 saturated carbocycles. The van der Waals surface area contributed by atoms with E-state index < -0.39 is 0 Å². The molecule has 1 aromatic carbocycles. The Morgan fingerprint density at radius 3 is 2.62 bits per heavy atom. The molecular formula is C29H33N7O3. The standard InChI is InChI=1S/C29H33N7O3/c1-4-38-27(37)10-21-9-22(19-5-6-19)13-36-14-23(35-29(21)36)15-39-26-11-25(33-16-34-26)32-12-24-17(2)7-20(28(30)31)8-18(24)3/h7-9,11,13-14,16,19H,4-6,10,12,15H2,1-3H3,(H3,30,31)(H,32,33,34). The summed E-state index contributed by atoms with van der Waals surface area (Å²) < 4.78 is 13.1. The molecule has 4 N–H and O–H groups in total. The third-order valence-electron chi connectivity index (χ3n) is 6.85. The van der Waals surface area contributed by atoms with Gasteiger partial charge < -0.3 is 24.9 Å². The SMILES string of the molecule is CCOC(=O)Cc1cc(C2CC2)cn2cc(COc3cc(NCc4c(C)cc(C(=N)N)cc4C)ncn3)nc12. The molecule has 0 amide bonds. The van der Waals surface area contributed by atoms with Crippen LogP contribution in [0.4, 0.5) is 5.82 Å². The third-order valence-corrected chi connectivity index (χ3v) is 6.85. The number of anilines is 1. The lowest BCUT2D eigenvalue weighted by Crippen LogP contribution is -2.13. The number of nitrogen functional groups attached to an aromatic ring is 1. The molecule has 5 rings (SSSR count). The molecule has 0 aliphatic heterocycles.